The van der Waals surface area contributed by atoms with E-state index in [-0.39, 0.29) is 30.3 Å². The van der Waals surface area contributed by atoms with Crippen LogP contribution in [0.25, 0.3) is 0 Å². The van der Waals surface area contributed by atoms with Crippen molar-refractivity contribution in [3.8, 4) is 5.75 Å². The van der Waals surface area contributed by atoms with Crippen LogP contribution in [-0.4, -0.2) is 36.5 Å². The van der Waals surface area contributed by atoms with Crippen LogP contribution in [0.3, 0.4) is 0 Å². The van der Waals surface area contributed by atoms with Crippen molar-refractivity contribution >= 4 is 18.3 Å². The van der Waals surface area contributed by atoms with E-state index in [0.29, 0.717) is 32.5 Å². The number of carbonyl (C=O) groups excluding carboxylic acids is 1. The van der Waals surface area contributed by atoms with Gasteiger partial charge in [-0.1, -0.05) is 36.4 Å². The van der Waals surface area contributed by atoms with Gasteiger partial charge in [-0.2, -0.15) is 0 Å². The topological polar surface area (TPSA) is 55.6 Å². The van der Waals surface area contributed by atoms with Gasteiger partial charge < -0.3 is 15.4 Å². The van der Waals surface area contributed by atoms with Crippen molar-refractivity contribution in [3.63, 3.8) is 0 Å². The van der Waals surface area contributed by atoms with E-state index in [1.54, 1.807) is 0 Å². The smallest absolute Gasteiger partial charge is 0.222 e. The molecule has 3 rings (SSSR count). The number of hydrogen-bond donors (Lipinski definition) is 1. The Morgan fingerprint density at radius 3 is 2.56 bits per heavy atom. The summed E-state index contributed by atoms with van der Waals surface area (Å²) >= 11 is 0. The van der Waals surface area contributed by atoms with Crippen LogP contribution in [0.1, 0.15) is 35.4 Å². The highest BCUT2D eigenvalue weighted by molar-refractivity contribution is 5.85. The molecule has 5 heteroatoms. The van der Waals surface area contributed by atoms with Gasteiger partial charge in [-0.3, -0.25) is 4.79 Å². The van der Waals surface area contributed by atoms with E-state index < -0.39 is 0 Å². The quantitative estimate of drug-likeness (QED) is 0.765. The van der Waals surface area contributed by atoms with Gasteiger partial charge in [0.05, 0.1) is 6.61 Å². The fraction of sp³-hybridized carbons (Fsp3) is 0.409. The molecule has 0 spiro atoms. The minimum atomic E-state index is 0. The van der Waals surface area contributed by atoms with Crippen LogP contribution in [0.4, 0.5) is 0 Å². The van der Waals surface area contributed by atoms with Gasteiger partial charge in [-0.25, -0.2) is 0 Å². The average Bonchev–Trinajstić information content (AvgIpc) is 3.04. The minimum Gasteiger partial charge on any atom is -0.494 e. The van der Waals surface area contributed by atoms with Crippen LogP contribution in [0.2, 0.25) is 0 Å². The van der Waals surface area contributed by atoms with E-state index in [2.05, 4.69) is 32.0 Å². The van der Waals surface area contributed by atoms with Crippen molar-refractivity contribution in [2.45, 2.75) is 38.6 Å². The lowest BCUT2D eigenvalue weighted by molar-refractivity contribution is -0.130. The summed E-state index contributed by atoms with van der Waals surface area (Å²) in [5.41, 5.74) is 9.97. The van der Waals surface area contributed by atoms with Gasteiger partial charge in [0.25, 0.3) is 0 Å². The van der Waals surface area contributed by atoms with Gasteiger partial charge in [0, 0.05) is 31.5 Å². The van der Waals surface area contributed by atoms with Crippen LogP contribution in [0, 0.1) is 13.8 Å². The number of ether oxygens (including phenoxy) is 1. The minimum absolute atomic E-state index is 0. The Kier molecular flexibility index (Phi) is 7.69. The Hall–Kier alpha value is -2.04. The van der Waals surface area contributed by atoms with Crippen molar-refractivity contribution < 1.29 is 9.53 Å². The molecule has 146 valence electrons. The molecule has 4 nitrogen and oxygen atoms in total. The molecule has 2 N–H and O–H groups in total. The zero-order chi connectivity index (χ0) is 18.5. The third-order valence-corrected chi connectivity index (χ3v) is 5.23. The van der Waals surface area contributed by atoms with E-state index in [1.165, 1.54) is 16.7 Å². The summed E-state index contributed by atoms with van der Waals surface area (Å²) in [6.45, 7) is 6.06. The lowest BCUT2D eigenvalue weighted by Gasteiger charge is -2.16. The number of nitrogens with zero attached hydrogens (tertiary/aromatic N) is 1. The normalized spacial score (nSPS) is 18.9. The zero-order valence-corrected chi connectivity index (χ0v) is 16.9. The first-order chi connectivity index (χ1) is 12.5. The van der Waals surface area contributed by atoms with Crippen molar-refractivity contribution in [1.29, 1.82) is 0 Å². The average molecular weight is 389 g/mol. The summed E-state index contributed by atoms with van der Waals surface area (Å²) in [5.74, 6) is 1.27. The Labute approximate surface area is 168 Å². The molecule has 1 amide bonds. The number of aryl methyl sites for hydroxylation is 2. The molecule has 0 aliphatic carbocycles. The third kappa shape index (κ3) is 5.47. The van der Waals surface area contributed by atoms with Gasteiger partial charge >= 0.3 is 0 Å². The lowest BCUT2D eigenvalue weighted by Crippen LogP contribution is -2.32. The number of rotatable bonds is 6. The molecule has 1 saturated heterocycles. The number of halogens is 1. The molecule has 0 radical (unpaired) electrons. The first kappa shape index (κ1) is 21.3. The van der Waals surface area contributed by atoms with Gasteiger partial charge in [0.2, 0.25) is 5.91 Å². The zero-order valence-electron chi connectivity index (χ0n) is 16.1. The summed E-state index contributed by atoms with van der Waals surface area (Å²) < 4.78 is 5.77. The lowest BCUT2D eigenvalue weighted by atomic mass is 9.95. The second-order valence-corrected chi connectivity index (χ2v) is 7.18. The molecule has 2 aromatic carbocycles. The third-order valence-electron chi connectivity index (χ3n) is 5.23. The Morgan fingerprint density at radius 1 is 1.11 bits per heavy atom. The van der Waals surface area contributed by atoms with Crippen molar-refractivity contribution in [2.75, 3.05) is 19.7 Å². The Morgan fingerprint density at radius 2 is 1.85 bits per heavy atom. The number of hydrogen-bond acceptors (Lipinski definition) is 3. The maximum absolute atomic E-state index is 12.5. The van der Waals surface area contributed by atoms with Crippen LogP contribution in [0.15, 0.2) is 48.5 Å². The molecule has 1 fully saturated rings. The van der Waals surface area contributed by atoms with Gasteiger partial charge in [-0.05, 0) is 49.1 Å². The highest BCUT2D eigenvalue weighted by Crippen LogP contribution is 2.27. The SMILES string of the molecule is Cc1ccc(OCCCC(=O)N2C[C@@H](N)[C@H](c3ccccc3)C2)cc1C.Cl. The first-order valence-electron chi connectivity index (χ1n) is 9.33. The van der Waals surface area contributed by atoms with E-state index in [4.69, 9.17) is 10.5 Å². The van der Waals surface area contributed by atoms with Crippen molar-refractivity contribution in [1.82, 2.24) is 4.90 Å². The van der Waals surface area contributed by atoms with Gasteiger partial charge in [0.1, 0.15) is 5.75 Å². The first-order valence-corrected chi connectivity index (χ1v) is 9.33. The molecule has 1 aliphatic rings. The number of benzene rings is 2. The highest BCUT2D eigenvalue weighted by Gasteiger charge is 2.33. The number of likely N-dealkylation sites (tertiary alicyclic amines) is 1. The maximum atomic E-state index is 12.5. The maximum Gasteiger partial charge on any atom is 0.222 e. The molecule has 1 heterocycles. The van der Waals surface area contributed by atoms with E-state index >= 15 is 0 Å². The van der Waals surface area contributed by atoms with E-state index in [0.717, 1.165) is 5.75 Å². The summed E-state index contributed by atoms with van der Waals surface area (Å²) in [7, 11) is 0. The van der Waals surface area contributed by atoms with Crippen LogP contribution in [0.5, 0.6) is 5.75 Å². The van der Waals surface area contributed by atoms with Gasteiger partial charge in [-0.15, -0.1) is 12.4 Å². The van der Waals surface area contributed by atoms with E-state index in [9.17, 15) is 4.79 Å². The molecule has 0 saturated carbocycles. The molecule has 27 heavy (non-hydrogen) atoms. The Balaban J connectivity index is 0.00000261. The predicted octanol–water partition coefficient (Wildman–Crippen LogP) is 3.84. The summed E-state index contributed by atoms with van der Waals surface area (Å²) in [6, 6.07) is 16.3. The molecule has 2 aromatic rings. The van der Waals surface area contributed by atoms with Crippen LogP contribution in [-0.2, 0) is 4.79 Å². The van der Waals surface area contributed by atoms with Gasteiger partial charge in [0.15, 0.2) is 0 Å². The van der Waals surface area contributed by atoms with Crippen molar-refractivity contribution in [2.24, 2.45) is 5.73 Å². The molecular formula is C22H29ClN2O2. The van der Waals surface area contributed by atoms with Crippen molar-refractivity contribution in [3.05, 3.63) is 65.2 Å². The molecule has 1 aliphatic heterocycles. The molecular weight excluding hydrogens is 360 g/mol. The summed E-state index contributed by atoms with van der Waals surface area (Å²) in [6.07, 6.45) is 1.21. The second kappa shape index (κ2) is 9.77. The van der Waals surface area contributed by atoms with Crippen LogP contribution >= 0.6 is 12.4 Å². The monoisotopic (exact) mass is 388 g/mol. The molecule has 2 atom stereocenters. The number of nitrogens with two attached hydrogens (primary N) is 1. The summed E-state index contributed by atoms with van der Waals surface area (Å²) in [5, 5.41) is 0. The standard InChI is InChI=1S/C22H28N2O2.ClH/c1-16-10-11-19(13-17(16)2)26-12-6-9-22(25)24-14-20(21(23)15-24)18-7-4-3-5-8-18;/h3-5,7-8,10-11,13,20-21H,6,9,12,14-15,23H2,1-2H3;1H/t20-,21+;/m0./s1. The fourth-order valence-corrected chi connectivity index (χ4v) is 3.46. The van der Waals surface area contributed by atoms with E-state index in [1.807, 2.05) is 35.2 Å². The predicted molar refractivity (Wildman–Crippen MR) is 112 cm³/mol. The molecule has 0 unspecified atom stereocenters. The fourth-order valence-electron chi connectivity index (χ4n) is 3.46. The molecule has 0 aromatic heterocycles. The largest absolute Gasteiger partial charge is 0.494 e. The second-order valence-electron chi connectivity index (χ2n) is 7.18. The Bertz CT molecular complexity index is 751. The molecule has 0 bridgehead atoms. The summed E-state index contributed by atoms with van der Waals surface area (Å²) in [4.78, 5) is 14.4. The number of carbonyl (C=O) groups is 1. The van der Waals surface area contributed by atoms with Crippen LogP contribution < -0.4 is 10.5 Å². The highest BCUT2D eigenvalue weighted by atomic mass is 35.5. The number of amides is 1.